The molecule has 0 amide bonds. The van der Waals surface area contributed by atoms with Gasteiger partial charge in [-0.1, -0.05) is 13.3 Å². The van der Waals surface area contributed by atoms with Gasteiger partial charge in [-0.05, 0) is 6.42 Å². The van der Waals surface area contributed by atoms with E-state index in [-0.39, 0.29) is 0 Å². The van der Waals surface area contributed by atoms with Gasteiger partial charge in [-0.2, -0.15) is 0 Å². The molecular formula is C9H18N3+. The molecule has 3 nitrogen and oxygen atoms in total. The molecule has 3 heteroatoms. The second-order valence-corrected chi connectivity index (χ2v) is 3.26. The van der Waals surface area contributed by atoms with Gasteiger partial charge in [0.25, 0.3) is 0 Å². The van der Waals surface area contributed by atoms with Crippen LogP contribution in [-0.4, -0.2) is 9.90 Å². The fourth-order valence-corrected chi connectivity index (χ4v) is 1.24. The zero-order valence-corrected chi connectivity index (χ0v) is 8.46. The zero-order chi connectivity index (χ0) is 9.14. The van der Waals surface area contributed by atoms with E-state index in [0.717, 1.165) is 6.54 Å². The van der Waals surface area contributed by atoms with E-state index < -0.39 is 0 Å². The first-order valence-electron chi connectivity index (χ1n) is 4.57. The molecule has 0 unspecified atom stereocenters. The normalized spacial score (nSPS) is 10.7. The Hall–Kier alpha value is -0.860. The van der Waals surface area contributed by atoms with Crippen LogP contribution in [0.3, 0.4) is 0 Å². The highest BCUT2D eigenvalue weighted by Crippen LogP contribution is 2.01. The number of rotatable bonds is 3. The molecule has 12 heavy (non-hydrogen) atoms. The van der Waals surface area contributed by atoms with Crippen molar-refractivity contribution < 1.29 is 4.68 Å². The van der Waals surface area contributed by atoms with E-state index in [2.05, 4.69) is 30.7 Å². The Morgan fingerprint density at radius 2 is 2.08 bits per heavy atom. The third kappa shape index (κ3) is 1.65. The fourth-order valence-electron chi connectivity index (χ4n) is 1.24. The Bertz CT molecular complexity index is 263. The van der Waals surface area contributed by atoms with E-state index in [1.54, 1.807) is 0 Å². The summed E-state index contributed by atoms with van der Waals surface area (Å²) >= 11 is 0. The van der Waals surface area contributed by atoms with Gasteiger partial charge in [0.05, 0.1) is 5.21 Å². The van der Waals surface area contributed by atoms with Crippen molar-refractivity contribution in [2.75, 3.05) is 0 Å². The van der Waals surface area contributed by atoms with Gasteiger partial charge >= 0.3 is 0 Å². The molecule has 1 rings (SSSR count). The van der Waals surface area contributed by atoms with Crippen molar-refractivity contribution in [1.82, 2.24) is 9.90 Å². The predicted octanol–water partition coefficient (Wildman–Crippen LogP) is 1.12. The predicted molar refractivity (Wildman–Crippen MR) is 47.8 cm³/mol. The lowest BCUT2D eigenvalue weighted by Gasteiger charge is -1.92. The van der Waals surface area contributed by atoms with E-state index >= 15 is 0 Å². The molecule has 1 aromatic rings. The lowest BCUT2D eigenvalue weighted by atomic mass is 10.3. The van der Waals surface area contributed by atoms with Crippen molar-refractivity contribution in [3.63, 3.8) is 0 Å². The van der Waals surface area contributed by atoms with E-state index in [9.17, 15) is 0 Å². The third-order valence-electron chi connectivity index (χ3n) is 2.36. The molecule has 0 saturated heterocycles. The van der Waals surface area contributed by atoms with Crippen LogP contribution in [0.25, 0.3) is 0 Å². The summed E-state index contributed by atoms with van der Waals surface area (Å²) in [5, 5.41) is 4.38. The molecule has 0 spiro atoms. The van der Waals surface area contributed by atoms with Crippen molar-refractivity contribution >= 4 is 0 Å². The summed E-state index contributed by atoms with van der Waals surface area (Å²) in [5.74, 6) is 0. The van der Waals surface area contributed by atoms with Crippen LogP contribution in [0, 0.1) is 13.8 Å². The molecule has 0 aromatic carbocycles. The summed E-state index contributed by atoms with van der Waals surface area (Å²) in [6.07, 6.45) is 2.43. The van der Waals surface area contributed by atoms with Crippen LogP contribution in [0.1, 0.15) is 31.2 Å². The van der Waals surface area contributed by atoms with Gasteiger partial charge in [0.15, 0.2) is 11.4 Å². The number of hydrogen-bond acceptors (Lipinski definition) is 1. The van der Waals surface area contributed by atoms with Gasteiger partial charge in [0.2, 0.25) is 0 Å². The molecule has 0 fully saturated rings. The van der Waals surface area contributed by atoms with Crippen LogP contribution >= 0.6 is 0 Å². The first-order chi connectivity index (χ1) is 5.66. The highest BCUT2D eigenvalue weighted by atomic mass is 15.5. The maximum atomic E-state index is 4.38. The minimum absolute atomic E-state index is 1.05. The highest BCUT2D eigenvalue weighted by molar-refractivity contribution is 4.99. The van der Waals surface area contributed by atoms with E-state index in [1.807, 2.05) is 11.7 Å². The van der Waals surface area contributed by atoms with E-state index in [1.165, 1.54) is 24.2 Å². The molecule has 0 N–H and O–H groups in total. The molecule has 0 atom stereocenters. The molecule has 1 heterocycles. The number of aromatic nitrogens is 3. The van der Waals surface area contributed by atoms with Crippen molar-refractivity contribution in [3.05, 3.63) is 11.4 Å². The smallest absolute Gasteiger partial charge is 0.137 e. The highest BCUT2D eigenvalue weighted by Gasteiger charge is 2.13. The van der Waals surface area contributed by atoms with Gasteiger partial charge in [-0.3, -0.25) is 0 Å². The van der Waals surface area contributed by atoms with Gasteiger partial charge in [-0.15, -0.1) is 9.36 Å². The molecule has 0 aliphatic heterocycles. The SMILES string of the molecule is CCCCn1n[n+](C)c(C)c1C. The maximum absolute atomic E-state index is 4.38. The molecular weight excluding hydrogens is 150 g/mol. The second-order valence-electron chi connectivity index (χ2n) is 3.26. The van der Waals surface area contributed by atoms with Crippen LogP contribution < -0.4 is 4.68 Å². The van der Waals surface area contributed by atoms with Crippen molar-refractivity contribution in [1.29, 1.82) is 0 Å². The maximum Gasteiger partial charge on any atom is 0.167 e. The molecule has 0 aliphatic carbocycles. The topological polar surface area (TPSA) is 21.7 Å². The zero-order valence-electron chi connectivity index (χ0n) is 8.46. The first kappa shape index (κ1) is 9.23. The standard InChI is InChI=1S/C9H18N3/c1-5-6-7-12-9(3)8(2)11(4)10-12/h5-7H2,1-4H3/q+1. The minimum atomic E-state index is 1.05. The Balaban J connectivity index is 2.79. The summed E-state index contributed by atoms with van der Waals surface area (Å²) in [7, 11) is 1.99. The van der Waals surface area contributed by atoms with Crippen LogP contribution in [0.4, 0.5) is 0 Å². The lowest BCUT2D eigenvalue weighted by Crippen LogP contribution is -2.33. The van der Waals surface area contributed by atoms with Crippen LogP contribution in [0.2, 0.25) is 0 Å². The summed E-state index contributed by atoms with van der Waals surface area (Å²) in [5.41, 5.74) is 2.54. The molecule has 0 aliphatic rings. The molecule has 68 valence electrons. The third-order valence-corrected chi connectivity index (χ3v) is 2.36. The molecule has 0 radical (unpaired) electrons. The molecule has 0 saturated carbocycles. The minimum Gasteiger partial charge on any atom is -0.137 e. The Kier molecular flexibility index (Phi) is 2.84. The van der Waals surface area contributed by atoms with Crippen molar-refractivity contribution in [2.24, 2.45) is 7.05 Å². The van der Waals surface area contributed by atoms with E-state index in [0.29, 0.717) is 0 Å². The summed E-state index contributed by atoms with van der Waals surface area (Å²) in [4.78, 5) is 0. The average molecular weight is 168 g/mol. The van der Waals surface area contributed by atoms with E-state index in [4.69, 9.17) is 0 Å². The fraction of sp³-hybridized carbons (Fsp3) is 0.778. The summed E-state index contributed by atoms with van der Waals surface area (Å²) < 4.78 is 4.02. The number of nitrogens with zero attached hydrogens (tertiary/aromatic N) is 3. The monoisotopic (exact) mass is 168 g/mol. The molecule has 1 aromatic heterocycles. The quantitative estimate of drug-likeness (QED) is 0.620. The van der Waals surface area contributed by atoms with Crippen LogP contribution in [0.5, 0.6) is 0 Å². The Morgan fingerprint density at radius 1 is 1.42 bits per heavy atom. The molecule has 0 bridgehead atoms. The number of hydrogen-bond donors (Lipinski definition) is 0. The number of aryl methyl sites for hydroxylation is 2. The Labute approximate surface area is 74.0 Å². The van der Waals surface area contributed by atoms with Crippen LogP contribution in [0.15, 0.2) is 0 Å². The summed E-state index contributed by atoms with van der Waals surface area (Å²) in [6, 6.07) is 0. The summed E-state index contributed by atoms with van der Waals surface area (Å²) in [6.45, 7) is 7.47. The lowest BCUT2D eigenvalue weighted by molar-refractivity contribution is -0.737. The van der Waals surface area contributed by atoms with Gasteiger partial charge in [-0.25, -0.2) is 0 Å². The first-order valence-corrected chi connectivity index (χ1v) is 4.57. The van der Waals surface area contributed by atoms with Crippen LogP contribution in [-0.2, 0) is 13.6 Å². The average Bonchev–Trinajstić information content (AvgIpc) is 2.30. The van der Waals surface area contributed by atoms with Gasteiger partial charge in [0, 0.05) is 13.8 Å². The number of unbranched alkanes of at least 4 members (excludes halogenated alkanes) is 1. The van der Waals surface area contributed by atoms with Crippen molar-refractivity contribution in [3.8, 4) is 0 Å². The van der Waals surface area contributed by atoms with Gasteiger partial charge in [0.1, 0.15) is 13.6 Å². The Morgan fingerprint density at radius 3 is 2.50 bits per heavy atom. The largest absolute Gasteiger partial charge is 0.167 e. The van der Waals surface area contributed by atoms with Crippen molar-refractivity contribution in [2.45, 2.75) is 40.2 Å². The second kappa shape index (κ2) is 3.70. The van der Waals surface area contributed by atoms with Gasteiger partial charge < -0.3 is 0 Å².